The van der Waals surface area contributed by atoms with Gasteiger partial charge in [0, 0.05) is 50.0 Å². The molecule has 1 unspecified atom stereocenters. The van der Waals surface area contributed by atoms with Gasteiger partial charge in [-0.1, -0.05) is 10.6 Å². The molecule has 1 atom stereocenters. The molecule has 0 bridgehead atoms. The van der Waals surface area contributed by atoms with Gasteiger partial charge in [-0.25, -0.2) is 0 Å². The number of nitrogens with zero attached hydrogens (tertiary/aromatic N) is 4. The molecule has 6 heteroatoms. The van der Waals surface area contributed by atoms with Crippen molar-refractivity contribution in [2.75, 3.05) is 19.6 Å². The number of rotatable bonds is 3. The number of aromatic nitrogens is 3. The monoisotopic (exact) mass is 261 g/mol. The van der Waals surface area contributed by atoms with Crippen LogP contribution in [0.15, 0.2) is 29.9 Å². The van der Waals surface area contributed by atoms with Crippen LogP contribution in [0.25, 0.3) is 0 Å². The van der Waals surface area contributed by atoms with Gasteiger partial charge in [0.1, 0.15) is 0 Å². The molecule has 2 aromatic rings. The summed E-state index contributed by atoms with van der Waals surface area (Å²) in [5.41, 5.74) is 2.31. The first-order valence-electron chi connectivity index (χ1n) is 6.04. The van der Waals surface area contributed by atoms with Crippen molar-refractivity contribution in [1.82, 2.24) is 24.8 Å². The fourth-order valence-corrected chi connectivity index (χ4v) is 2.74. The van der Waals surface area contributed by atoms with Crippen LogP contribution >= 0.6 is 11.5 Å². The minimum absolute atomic E-state index is 0.370. The van der Waals surface area contributed by atoms with Gasteiger partial charge in [-0.2, -0.15) is 0 Å². The van der Waals surface area contributed by atoms with E-state index in [0.29, 0.717) is 6.04 Å². The Hall–Kier alpha value is -1.37. The van der Waals surface area contributed by atoms with Gasteiger partial charge >= 0.3 is 0 Å². The van der Waals surface area contributed by atoms with Gasteiger partial charge in [-0.05, 0) is 23.2 Å². The molecule has 3 rings (SSSR count). The first-order valence-corrected chi connectivity index (χ1v) is 6.88. The Kier molecular flexibility index (Phi) is 3.59. The van der Waals surface area contributed by atoms with Crippen LogP contribution in [0.4, 0.5) is 0 Å². The van der Waals surface area contributed by atoms with E-state index < -0.39 is 0 Å². The molecule has 0 radical (unpaired) electrons. The van der Waals surface area contributed by atoms with Crippen LogP contribution in [0.5, 0.6) is 0 Å². The summed E-state index contributed by atoms with van der Waals surface area (Å²) in [4.78, 5) is 6.65. The normalized spacial score (nSPS) is 21.0. The van der Waals surface area contributed by atoms with Gasteiger partial charge in [0.2, 0.25) is 0 Å². The maximum absolute atomic E-state index is 4.21. The van der Waals surface area contributed by atoms with E-state index in [1.54, 1.807) is 0 Å². The lowest BCUT2D eigenvalue weighted by atomic mass is 10.1. The Balaban J connectivity index is 1.78. The number of nitrogens with one attached hydrogen (secondary N) is 1. The minimum atomic E-state index is 0.370. The first-order chi connectivity index (χ1) is 8.93. The molecule has 5 nitrogen and oxygen atoms in total. The van der Waals surface area contributed by atoms with Gasteiger partial charge in [0.25, 0.3) is 0 Å². The SMILES string of the molecule is c1cncc(C2CNCCN2Cc2csnn2)c1. The number of piperazine rings is 1. The van der Waals surface area contributed by atoms with Crippen molar-refractivity contribution in [3.8, 4) is 0 Å². The van der Waals surface area contributed by atoms with Crippen LogP contribution in [0.1, 0.15) is 17.3 Å². The van der Waals surface area contributed by atoms with E-state index in [-0.39, 0.29) is 0 Å². The molecule has 2 aromatic heterocycles. The Morgan fingerprint density at radius 3 is 3.28 bits per heavy atom. The van der Waals surface area contributed by atoms with Crippen LogP contribution in [0.3, 0.4) is 0 Å². The number of hydrogen-bond donors (Lipinski definition) is 1. The molecule has 18 heavy (non-hydrogen) atoms. The van der Waals surface area contributed by atoms with E-state index >= 15 is 0 Å². The molecule has 1 aliphatic rings. The maximum Gasteiger partial charge on any atom is 0.0895 e. The lowest BCUT2D eigenvalue weighted by molar-refractivity contribution is 0.151. The Morgan fingerprint density at radius 1 is 1.50 bits per heavy atom. The van der Waals surface area contributed by atoms with Gasteiger partial charge in [0.05, 0.1) is 5.69 Å². The summed E-state index contributed by atoms with van der Waals surface area (Å²) in [7, 11) is 0. The highest BCUT2D eigenvalue weighted by atomic mass is 32.1. The van der Waals surface area contributed by atoms with Crippen LogP contribution < -0.4 is 5.32 Å². The molecular weight excluding hydrogens is 246 g/mol. The largest absolute Gasteiger partial charge is 0.314 e. The van der Waals surface area contributed by atoms with E-state index in [2.05, 4.69) is 30.9 Å². The molecule has 94 valence electrons. The van der Waals surface area contributed by atoms with Crippen LogP contribution in [-0.2, 0) is 6.54 Å². The fourth-order valence-electron chi connectivity index (χ4n) is 2.30. The number of hydrogen-bond acceptors (Lipinski definition) is 6. The second-order valence-corrected chi connectivity index (χ2v) is 4.98. The fraction of sp³-hybridized carbons (Fsp3) is 0.417. The smallest absolute Gasteiger partial charge is 0.0895 e. The van der Waals surface area contributed by atoms with E-state index in [1.165, 1.54) is 17.1 Å². The zero-order valence-electron chi connectivity index (χ0n) is 9.99. The second kappa shape index (κ2) is 5.51. The highest BCUT2D eigenvalue weighted by Gasteiger charge is 2.24. The molecule has 0 amide bonds. The lowest BCUT2D eigenvalue weighted by Gasteiger charge is -2.35. The minimum Gasteiger partial charge on any atom is -0.314 e. The molecule has 1 fully saturated rings. The zero-order chi connectivity index (χ0) is 12.2. The van der Waals surface area contributed by atoms with Crippen molar-refractivity contribution < 1.29 is 0 Å². The Bertz CT molecular complexity index is 472. The maximum atomic E-state index is 4.21. The summed E-state index contributed by atoms with van der Waals surface area (Å²) in [5, 5.41) is 9.59. The summed E-state index contributed by atoms with van der Waals surface area (Å²) in [5.74, 6) is 0. The highest BCUT2D eigenvalue weighted by molar-refractivity contribution is 7.03. The molecule has 0 spiro atoms. The molecule has 0 aromatic carbocycles. The van der Waals surface area contributed by atoms with Crippen LogP contribution in [-0.4, -0.2) is 39.1 Å². The average Bonchev–Trinajstić information content (AvgIpc) is 2.93. The van der Waals surface area contributed by atoms with E-state index in [4.69, 9.17) is 0 Å². The third-order valence-electron chi connectivity index (χ3n) is 3.19. The van der Waals surface area contributed by atoms with Gasteiger partial charge in [0.15, 0.2) is 0 Å². The highest BCUT2D eigenvalue weighted by Crippen LogP contribution is 2.23. The first kappa shape index (κ1) is 11.7. The lowest BCUT2D eigenvalue weighted by Crippen LogP contribution is -2.45. The molecule has 1 N–H and O–H groups in total. The Morgan fingerprint density at radius 2 is 2.50 bits per heavy atom. The van der Waals surface area contributed by atoms with Gasteiger partial charge in [-0.3, -0.25) is 9.88 Å². The quantitative estimate of drug-likeness (QED) is 0.896. The van der Waals surface area contributed by atoms with Crippen LogP contribution in [0.2, 0.25) is 0 Å². The van der Waals surface area contributed by atoms with Crippen molar-refractivity contribution in [2.45, 2.75) is 12.6 Å². The molecule has 0 aliphatic carbocycles. The van der Waals surface area contributed by atoms with Crippen molar-refractivity contribution in [3.05, 3.63) is 41.2 Å². The van der Waals surface area contributed by atoms with Crippen molar-refractivity contribution in [3.63, 3.8) is 0 Å². The van der Waals surface area contributed by atoms with Crippen molar-refractivity contribution in [2.24, 2.45) is 0 Å². The summed E-state index contributed by atoms with van der Waals surface area (Å²) >= 11 is 1.41. The average molecular weight is 261 g/mol. The number of pyridine rings is 1. The summed E-state index contributed by atoms with van der Waals surface area (Å²) < 4.78 is 3.92. The molecule has 1 aliphatic heterocycles. The van der Waals surface area contributed by atoms with E-state index in [9.17, 15) is 0 Å². The second-order valence-electron chi connectivity index (χ2n) is 4.37. The van der Waals surface area contributed by atoms with E-state index in [0.717, 1.165) is 31.9 Å². The van der Waals surface area contributed by atoms with Crippen molar-refractivity contribution in [1.29, 1.82) is 0 Å². The molecule has 0 saturated carbocycles. The summed E-state index contributed by atoms with van der Waals surface area (Å²) in [6.07, 6.45) is 3.76. The Labute approximate surface area is 110 Å². The predicted octanol–water partition coefficient (Wildman–Crippen LogP) is 1.08. The van der Waals surface area contributed by atoms with Gasteiger partial charge < -0.3 is 5.32 Å². The molecular formula is C12H15N5S. The van der Waals surface area contributed by atoms with Crippen molar-refractivity contribution >= 4 is 11.5 Å². The zero-order valence-corrected chi connectivity index (χ0v) is 10.8. The van der Waals surface area contributed by atoms with Crippen LogP contribution in [0, 0.1) is 0 Å². The standard InChI is InChI=1S/C12H15N5S/c1-2-10(6-13-3-1)12-7-14-4-5-17(12)8-11-9-18-16-15-11/h1-3,6,9,12,14H,4-5,7-8H2. The van der Waals surface area contributed by atoms with E-state index in [1.807, 2.05) is 23.8 Å². The summed E-state index contributed by atoms with van der Waals surface area (Å²) in [6.45, 7) is 3.87. The molecule has 3 heterocycles. The predicted molar refractivity (Wildman–Crippen MR) is 70.2 cm³/mol. The third-order valence-corrected chi connectivity index (χ3v) is 3.75. The topological polar surface area (TPSA) is 53.9 Å². The third kappa shape index (κ3) is 2.55. The summed E-state index contributed by atoms with van der Waals surface area (Å²) in [6, 6.07) is 4.50. The molecule has 1 saturated heterocycles. The van der Waals surface area contributed by atoms with Gasteiger partial charge in [-0.15, -0.1) is 5.10 Å².